The van der Waals surface area contributed by atoms with Gasteiger partial charge in [-0.15, -0.1) is 0 Å². The van der Waals surface area contributed by atoms with Gasteiger partial charge in [-0.05, 0) is 37.3 Å². The van der Waals surface area contributed by atoms with Crippen LogP contribution in [0, 0.1) is 0 Å². The van der Waals surface area contributed by atoms with Crippen LogP contribution in [0.15, 0.2) is 53.6 Å². The van der Waals surface area contributed by atoms with E-state index in [0.717, 1.165) is 26.2 Å². The smallest absolute Gasteiger partial charge is 0.241 e. The molecule has 1 aliphatic heterocycles. The number of rotatable bonds is 6. The Morgan fingerprint density at radius 2 is 1.79 bits per heavy atom. The number of nitrogens with zero attached hydrogens (tertiary/aromatic N) is 3. The van der Waals surface area contributed by atoms with E-state index in [-0.39, 0.29) is 17.4 Å². The molecule has 1 saturated heterocycles. The van der Waals surface area contributed by atoms with Crippen LogP contribution in [0.25, 0.3) is 0 Å². The number of nitrogens with one attached hydrogen (secondary N) is 1. The van der Waals surface area contributed by atoms with Crippen molar-refractivity contribution in [2.45, 2.75) is 13.3 Å². The lowest BCUT2D eigenvalue weighted by Crippen LogP contribution is -2.47. The number of phenolic OH excluding ortho intramolecular Hbond substituents is 2. The van der Waals surface area contributed by atoms with Crippen LogP contribution in [-0.4, -0.2) is 59.5 Å². The number of benzene rings is 2. The van der Waals surface area contributed by atoms with Gasteiger partial charge in [-0.1, -0.05) is 18.2 Å². The number of hydrogen-bond donors (Lipinski definition) is 3. The zero-order valence-corrected chi connectivity index (χ0v) is 16.0. The van der Waals surface area contributed by atoms with Crippen molar-refractivity contribution in [3.63, 3.8) is 0 Å². The summed E-state index contributed by atoms with van der Waals surface area (Å²) in [6.45, 7) is 6.07. The average Bonchev–Trinajstić information content (AvgIpc) is 2.73. The molecule has 2 aromatic rings. The van der Waals surface area contributed by atoms with Crippen LogP contribution in [0.3, 0.4) is 0 Å². The van der Waals surface area contributed by atoms with Gasteiger partial charge in [0, 0.05) is 50.4 Å². The van der Waals surface area contributed by atoms with Gasteiger partial charge in [0.2, 0.25) is 5.91 Å². The van der Waals surface area contributed by atoms with Crippen LogP contribution in [-0.2, 0) is 4.79 Å². The summed E-state index contributed by atoms with van der Waals surface area (Å²) >= 11 is 0. The lowest BCUT2D eigenvalue weighted by atomic mass is 10.1. The van der Waals surface area contributed by atoms with Crippen LogP contribution in [0.1, 0.15) is 18.9 Å². The second-order valence-electron chi connectivity index (χ2n) is 6.85. The molecule has 0 aromatic heterocycles. The normalized spacial score (nSPS) is 15.5. The van der Waals surface area contributed by atoms with Gasteiger partial charge < -0.3 is 15.1 Å². The fraction of sp³-hybridized carbons (Fsp3) is 0.333. The van der Waals surface area contributed by atoms with Crippen molar-refractivity contribution in [2.75, 3.05) is 37.6 Å². The molecule has 0 unspecified atom stereocenters. The molecule has 1 fully saturated rings. The number of para-hydroxylation sites is 1. The van der Waals surface area contributed by atoms with E-state index in [2.05, 4.69) is 32.5 Å². The van der Waals surface area contributed by atoms with Crippen LogP contribution >= 0.6 is 0 Å². The van der Waals surface area contributed by atoms with E-state index >= 15 is 0 Å². The molecule has 0 saturated carbocycles. The molecule has 0 spiro atoms. The van der Waals surface area contributed by atoms with E-state index in [4.69, 9.17) is 0 Å². The van der Waals surface area contributed by atoms with Crippen molar-refractivity contribution in [3.8, 4) is 11.5 Å². The zero-order chi connectivity index (χ0) is 19.9. The largest absolute Gasteiger partial charge is 0.508 e. The average molecular weight is 382 g/mol. The Hall–Kier alpha value is -3.06. The Kier molecular flexibility index (Phi) is 6.49. The third-order valence-electron chi connectivity index (χ3n) is 4.87. The summed E-state index contributed by atoms with van der Waals surface area (Å²) in [5, 5.41) is 23.4. The van der Waals surface area contributed by atoms with Crippen molar-refractivity contribution >= 4 is 17.3 Å². The molecular weight excluding hydrogens is 356 g/mol. The Labute approximate surface area is 164 Å². The predicted molar refractivity (Wildman–Crippen MR) is 110 cm³/mol. The minimum absolute atomic E-state index is 0.00425. The molecule has 1 aliphatic rings. The number of anilines is 1. The van der Waals surface area contributed by atoms with Crippen LogP contribution in [0.5, 0.6) is 11.5 Å². The lowest BCUT2D eigenvalue weighted by Gasteiger charge is -2.36. The van der Waals surface area contributed by atoms with Crippen LogP contribution in [0.2, 0.25) is 0 Å². The highest BCUT2D eigenvalue weighted by atomic mass is 16.3. The number of aromatic hydroxyl groups is 2. The predicted octanol–water partition coefficient (Wildman–Crippen LogP) is 2.15. The van der Waals surface area contributed by atoms with E-state index in [9.17, 15) is 15.0 Å². The van der Waals surface area contributed by atoms with Gasteiger partial charge in [0.15, 0.2) is 0 Å². The lowest BCUT2D eigenvalue weighted by molar-refractivity contribution is -0.121. The first-order chi connectivity index (χ1) is 13.5. The molecule has 0 bridgehead atoms. The first-order valence-corrected chi connectivity index (χ1v) is 9.41. The molecule has 1 heterocycles. The topological polar surface area (TPSA) is 88.4 Å². The SMILES string of the molecule is CC(=NNC(=O)CCN1CCN(c2ccccc2)CC1)c1cc(O)ccc1O. The van der Waals surface area contributed by atoms with Gasteiger partial charge in [-0.25, -0.2) is 5.43 Å². The summed E-state index contributed by atoms with van der Waals surface area (Å²) in [5.74, 6) is -0.141. The molecule has 7 heteroatoms. The quantitative estimate of drug-likeness (QED) is 0.405. The summed E-state index contributed by atoms with van der Waals surface area (Å²) < 4.78 is 0. The van der Waals surface area contributed by atoms with Gasteiger partial charge in [0.25, 0.3) is 0 Å². The van der Waals surface area contributed by atoms with E-state index in [1.165, 1.54) is 23.9 Å². The van der Waals surface area contributed by atoms with Crippen molar-refractivity contribution in [3.05, 3.63) is 54.1 Å². The second-order valence-corrected chi connectivity index (χ2v) is 6.85. The standard InChI is InChI=1S/C21H26N4O3/c1-16(19-15-18(26)7-8-20(19)27)22-23-21(28)9-10-24-11-13-25(14-12-24)17-5-3-2-4-6-17/h2-8,15,26-27H,9-14H2,1H3,(H,23,28). The maximum absolute atomic E-state index is 12.1. The summed E-state index contributed by atoms with van der Waals surface area (Å²) in [7, 11) is 0. The molecule has 3 N–H and O–H groups in total. The Bertz CT molecular complexity index is 831. The Morgan fingerprint density at radius 3 is 2.50 bits per heavy atom. The summed E-state index contributed by atoms with van der Waals surface area (Å²) in [6, 6.07) is 14.5. The van der Waals surface area contributed by atoms with E-state index < -0.39 is 0 Å². The van der Waals surface area contributed by atoms with Gasteiger partial charge in [-0.2, -0.15) is 5.10 Å². The zero-order valence-electron chi connectivity index (χ0n) is 16.0. The van der Waals surface area contributed by atoms with Gasteiger partial charge in [-0.3, -0.25) is 9.69 Å². The third-order valence-corrected chi connectivity index (χ3v) is 4.87. The number of hydrazone groups is 1. The second kappa shape index (κ2) is 9.23. The van der Waals surface area contributed by atoms with Gasteiger partial charge in [0.05, 0.1) is 5.71 Å². The van der Waals surface area contributed by atoms with Crippen LogP contribution in [0.4, 0.5) is 5.69 Å². The molecule has 3 rings (SSSR count). The minimum atomic E-state index is -0.176. The summed E-state index contributed by atoms with van der Waals surface area (Å²) in [4.78, 5) is 16.7. The third kappa shape index (κ3) is 5.23. The number of amides is 1. The maximum Gasteiger partial charge on any atom is 0.241 e. The van der Waals surface area contributed by atoms with E-state index in [1.54, 1.807) is 6.92 Å². The highest BCUT2D eigenvalue weighted by Crippen LogP contribution is 2.22. The molecule has 2 aromatic carbocycles. The monoisotopic (exact) mass is 382 g/mol. The van der Waals surface area contributed by atoms with E-state index in [1.807, 2.05) is 18.2 Å². The van der Waals surface area contributed by atoms with Crippen molar-refractivity contribution in [2.24, 2.45) is 5.10 Å². The summed E-state index contributed by atoms with van der Waals surface area (Å²) in [6.07, 6.45) is 0.355. The van der Waals surface area contributed by atoms with Crippen LogP contribution < -0.4 is 10.3 Å². The Morgan fingerprint density at radius 1 is 1.07 bits per heavy atom. The Balaban J connectivity index is 1.43. The number of carbonyl (C=O) groups is 1. The highest BCUT2D eigenvalue weighted by molar-refractivity contribution is 6.01. The van der Waals surface area contributed by atoms with Gasteiger partial charge in [0.1, 0.15) is 11.5 Å². The molecular formula is C21H26N4O3. The van der Waals surface area contributed by atoms with Crippen molar-refractivity contribution in [1.82, 2.24) is 10.3 Å². The molecule has 7 nitrogen and oxygen atoms in total. The molecule has 0 radical (unpaired) electrons. The molecule has 28 heavy (non-hydrogen) atoms. The number of phenols is 2. The number of hydrogen-bond acceptors (Lipinski definition) is 6. The molecule has 0 aliphatic carbocycles. The van der Waals surface area contributed by atoms with Crippen molar-refractivity contribution in [1.29, 1.82) is 0 Å². The summed E-state index contributed by atoms with van der Waals surface area (Å²) in [5.41, 5.74) is 4.57. The minimum Gasteiger partial charge on any atom is -0.508 e. The number of carbonyl (C=O) groups excluding carboxylic acids is 1. The fourth-order valence-electron chi connectivity index (χ4n) is 3.20. The molecule has 0 atom stereocenters. The first-order valence-electron chi connectivity index (χ1n) is 9.41. The highest BCUT2D eigenvalue weighted by Gasteiger charge is 2.17. The molecule has 1 amide bonds. The maximum atomic E-state index is 12.1. The first kappa shape index (κ1) is 19.7. The van der Waals surface area contributed by atoms with Crippen molar-refractivity contribution < 1.29 is 15.0 Å². The van der Waals surface area contributed by atoms with E-state index in [0.29, 0.717) is 24.2 Å². The number of piperazine rings is 1. The van der Waals surface area contributed by atoms with Gasteiger partial charge >= 0.3 is 0 Å². The fourth-order valence-corrected chi connectivity index (χ4v) is 3.20. The molecule has 148 valence electrons.